The van der Waals surface area contributed by atoms with E-state index in [1.807, 2.05) is 6.07 Å². The average molecular weight is 173 g/mol. The summed E-state index contributed by atoms with van der Waals surface area (Å²) < 4.78 is 0. The van der Waals surface area contributed by atoms with Crippen molar-refractivity contribution in [1.29, 1.82) is 0 Å². The molecule has 0 unspecified atom stereocenters. The maximum Gasteiger partial charge on any atom is 0.258 e. The van der Waals surface area contributed by atoms with E-state index in [0.29, 0.717) is 11.3 Å². The van der Waals surface area contributed by atoms with Crippen molar-refractivity contribution in [3.05, 3.63) is 29.8 Å². The Morgan fingerprint density at radius 2 is 2.08 bits per heavy atom. The predicted molar refractivity (Wildman–Crippen MR) is 50.6 cm³/mol. The summed E-state index contributed by atoms with van der Waals surface area (Å²) in [5.74, 6) is -0.184. The first-order valence-electron chi connectivity index (χ1n) is 3.82. The van der Waals surface area contributed by atoms with Crippen molar-refractivity contribution in [3.8, 4) is 0 Å². The number of nitrogens with one attached hydrogen (secondary N) is 1. The summed E-state index contributed by atoms with van der Waals surface area (Å²) in [6, 6.07) is 7.12. The van der Waals surface area contributed by atoms with Crippen LogP contribution in [0, 0.1) is 0 Å². The summed E-state index contributed by atoms with van der Waals surface area (Å²) in [7, 11) is 0. The smallest absolute Gasteiger partial charge is 0.258 e. The normalized spacial score (nSPS) is 14.3. The highest BCUT2D eigenvalue weighted by atomic mass is 16.1. The van der Waals surface area contributed by atoms with Crippen LogP contribution in [-0.2, 0) is 0 Å². The molecule has 2 rings (SSSR count). The van der Waals surface area contributed by atoms with Gasteiger partial charge in [-0.1, -0.05) is 12.1 Å². The monoisotopic (exact) mass is 173 g/mol. The van der Waals surface area contributed by atoms with E-state index in [-0.39, 0.29) is 5.91 Å². The van der Waals surface area contributed by atoms with Gasteiger partial charge in [0.15, 0.2) is 0 Å². The molecular weight excluding hydrogens is 166 g/mol. The molecule has 1 heterocycles. The topological polar surface area (TPSA) is 53.8 Å². The van der Waals surface area contributed by atoms with Gasteiger partial charge >= 0.3 is 0 Å². The highest BCUT2D eigenvalue weighted by molar-refractivity contribution is 6.05. The van der Waals surface area contributed by atoms with Gasteiger partial charge in [-0.3, -0.25) is 4.79 Å². The van der Waals surface area contributed by atoms with E-state index in [2.05, 4.69) is 15.3 Å². The van der Waals surface area contributed by atoms with Gasteiger partial charge in [-0.25, -0.2) is 9.98 Å². The van der Waals surface area contributed by atoms with Crippen LogP contribution in [0.15, 0.2) is 34.3 Å². The molecule has 1 aromatic carbocycles. The Balaban J connectivity index is 2.55. The first-order chi connectivity index (χ1) is 6.38. The molecule has 13 heavy (non-hydrogen) atoms. The summed E-state index contributed by atoms with van der Waals surface area (Å²) in [6.07, 6.45) is 2.72. The van der Waals surface area contributed by atoms with Crippen molar-refractivity contribution in [3.63, 3.8) is 0 Å². The van der Waals surface area contributed by atoms with Gasteiger partial charge in [0, 0.05) is 0 Å². The second-order valence-electron chi connectivity index (χ2n) is 2.51. The fourth-order valence-electron chi connectivity index (χ4n) is 1.08. The lowest BCUT2D eigenvalue weighted by molar-refractivity contribution is 0.0979. The molecule has 64 valence electrons. The van der Waals surface area contributed by atoms with Gasteiger partial charge in [0.05, 0.1) is 17.6 Å². The molecular formula is C9H7N3O. The molecule has 0 aliphatic carbocycles. The number of nitrogens with zero attached hydrogens (tertiary/aromatic N) is 2. The minimum atomic E-state index is -0.184. The summed E-state index contributed by atoms with van der Waals surface area (Å²) >= 11 is 0. The van der Waals surface area contributed by atoms with Crippen molar-refractivity contribution < 1.29 is 4.79 Å². The van der Waals surface area contributed by atoms with Crippen LogP contribution in [0.25, 0.3) is 0 Å². The zero-order chi connectivity index (χ0) is 9.10. The number of fused-ring (bicyclic) bond motifs is 1. The number of carbonyl (C=O) groups excluding carboxylic acids is 1. The quantitative estimate of drug-likeness (QED) is 0.628. The second-order valence-corrected chi connectivity index (χ2v) is 2.51. The molecule has 0 fully saturated rings. The van der Waals surface area contributed by atoms with Gasteiger partial charge in [0.1, 0.15) is 6.34 Å². The average Bonchev–Trinajstić information content (AvgIpc) is 2.14. The van der Waals surface area contributed by atoms with Crippen LogP contribution >= 0.6 is 0 Å². The fraction of sp³-hybridized carbons (Fsp3) is 0. The zero-order valence-electron chi connectivity index (χ0n) is 6.77. The van der Waals surface area contributed by atoms with Crippen LogP contribution in [0.2, 0.25) is 0 Å². The Morgan fingerprint density at radius 1 is 1.23 bits per heavy atom. The maximum atomic E-state index is 11.4. The fourth-order valence-corrected chi connectivity index (χ4v) is 1.08. The highest BCUT2D eigenvalue weighted by Crippen LogP contribution is 2.18. The Kier molecular flexibility index (Phi) is 1.88. The van der Waals surface area contributed by atoms with Gasteiger partial charge in [-0.2, -0.15) is 0 Å². The molecule has 1 amide bonds. The number of rotatable bonds is 0. The lowest BCUT2D eigenvalue weighted by atomic mass is 10.1. The highest BCUT2D eigenvalue weighted by Gasteiger charge is 2.09. The first-order valence-corrected chi connectivity index (χ1v) is 3.82. The Hall–Kier alpha value is -1.97. The van der Waals surface area contributed by atoms with Crippen molar-refractivity contribution >= 4 is 24.3 Å². The maximum absolute atomic E-state index is 11.4. The van der Waals surface area contributed by atoms with Gasteiger partial charge in [0.25, 0.3) is 5.91 Å². The Labute approximate surface area is 75.0 Å². The Bertz CT molecular complexity index is 396. The molecule has 4 heteroatoms. The van der Waals surface area contributed by atoms with E-state index in [0.717, 1.165) is 0 Å². The van der Waals surface area contributed by atoms with Crippen LogP contribution in [0.5, 0.6) is 0 Å². The second kappa shape index (κ2) is 3.18. The minimum absolute atomic E-state index is 0.184. The van der Waals surface area contributed by atoms with Gasteiger partial charge in [-0.15, -0.1) is 0 Å². The van der Waals surface area contributed by atoms with Gasteiger partial charge in [-0.05, 0) is 12.1 Å². The van der Waals surface area contributed by atoms with Crippen LogP contribution in [-0.4, -0.2) is 18.6 Å². The molecule has 0 saturated heterocycles. The van der Waals surface area contributed by atoms with Crippen molar-refractivity contribution in [2.75, 3.05) is 0 Å². The Morgan fingerprint density at radius 3 is 3.00 bits per heavy atom. The van der Waals surface area contributed by atoms with E-state index in [1.165, 1.54) is 12.7 Å². The lowest BCUT2D eigenvalue weighted by Crippen LogP contribution is -2.22. The van der Waals surface area contributed by atoms with Crippen LogP contribution in [0.3, 0.4) is 0 Å². The minimum Gasteiger partial charge on any atom is -0.313 e. The third-order valence-corrected chi connectivity index (χ3v) is 1.68. The molecule has 0 aromatic heterocycles. The van der Waals surface area contributed by atoms with Crippen molar-refractivity contribution in [1.82, 2.24) is 5.32 Å². The molecule has 1 aliphatic heterocycles. The molecule has 0 atom stereocenters. The van der Waals surface area contributed by atoms with Crippen LogP contribution in [0.1, 0.15) is 10.4 Å². The summed E-state index contributed by atoms with van der Waals surface area (Å²) in [4.78, 5) is 19.1. The van der Waals surface area contributed by atoms with Crippen LogP contribution < -0.4 is 5.32 Å². The number of hydrogen-bond donors (Lipinski definition) is 1. The summed E-state index contributed by atoms with van der Waals surface area (Å²) in [5.41, 5.74) is 1.20. The van der Waals surface area contributed by atoms with E-state index in [9.17, 15) is 4.79 Å². The standard InChI is InChI=1S/C9H7N3O/c13-9-7-3-1-2-4-8(7)11-5-10-6-12-9/h1-6H,(H,10,11,12,13). The van der Waals surface area contributed by atoms with Crippen molar-refractivity contribution in [2.45, 2.75) is 0 Å². The molecule has 0 radical (unpaired) electrons. The third kappa shape index (κ3) is 1.46. The number of carbonyl (C=O) groups is 1. The number of hydrogen-bond acceptors (Lipinski definition) is 3. The largest absolute Gasteiger partial charge is 0.313 e. The molecule has 0 bridgehead atoms. The van der Waals surface area contributed by atoms with Crippen LogP contribution in [0.4, 0.5) is 5.69 Å². The summed E-state index contributed by atoms with van der Waals surface area (Å²) in [6.45, 7) is 0. The third-order valence-electron chi connectivity index (χ3n) is 1.68. The molecule has 1 N–H and O–H groups in total. The predicted octanol–water partition coefficient (Wildman–Crippen LogP) is 1.12. The molecule has 1 aliphatic rings. The van der Waals surface area contributed by atoms with E-state index in [4.69, 9.17) is 0 Å². The first kappa shape index (κ1) is 7.67. The lowest BCUT2D eigenvalue weighted by Gasteiger charge is -2.04. The van der Waals surface area contributed by atoms with E-state index >= 15 is 0 Å². The molecule has 4 nitrogen and oxygen atoms in total. The number of para-hydroxylation sites is 1. The molecule has 1 aromatic rings. The number of benzene rings is 1. The zero-order valence-corrected chi connectivity index (χ0v) is 6.77. The summed E-state index contributed by atoms with van der Waals surface area (Å²) in [5, 5.41) is 2.52. The molecule has 0 saturated carbocycles. The number of amides is 1. The SMILES string of the molecule is O=C1NC=NC=Nc2ccccc21. The van der Waals surface area contributed by atoms with Gasteiger partial charge < -0.3 is 5.32 Å². The van der Waals surface area contributed by atoms with E-state index < -0.39 is 0 Å². The van der Waals surface area contributed by atoms with Gasteiger partial charge in [0.2, 0.25) is 0 Å². The number of aliphatic imine (C=N–C) groups is 2. The van der Waals surface area contributed by atoms with Crippen molar-refractivity contribution in [2.24, 2.45) is 9.98 Å². The molecule has 0 spiro atoms. The van der Waals surface area contributed by atoms with E-state index in [1.54, 1.807) is 18.2 Å².